The van der Waals surface area contributed by atoms with Crippen molar-refractivity contribution in [2.75, 3.05) is 0 Å². The first-order chi connectivity index (χ1) is 9.40. The SMILES string of the molecule is Cc1ccc(C(=S)c2cc(Br)c(CC(=O)O)n2C)cc1. The fourth-order valence-corrected chi connectivity index (χ4v) is 2.98. The number of aryl methyl sites for hydroxylation is 1. The summed E-state index contributed by atoms with van der Waals surface area (Å²) in [5.74, 6) is -0.861. The number of aliphatic carboxylic acids is 1. The molecule has 2 rings (SSSR count). The van der Waals surface area contributed by atoms with Crippen LogP contribution in [-0.4, -0.2) is 20.5 Å². The molecule has 0 fully saturated rings. The molecule has 1 aromatic carbocycles. The van der Waals surface area contributed by atoms with Gasteiger partial charge in [-0.2, -0.15) is 0 Å². The fraction of sp³-hybridized carbons (Fsp3) is 0.200. The molecule has 3 nitrogen and oxygen atoms in total. The van der Waals surface area contributed by atoms with Gasteiger partial charge in [0.05, 0.1) is 17.0 Å². The van der Waals surface area contributed by atoms with Crippen LogP contribution in [0.3, 0.4) is 0 Å². The van der Waals surface area contributed by atoms with Crippen LogP contribution in [0.1, 0.15) is 22.5 Å². The second-order valence-electron chi connectivity index (χ2n) is 4.65. The van der Waals surface area contributed by atoms with Crippen LogP contribution in [0.15, 0.2) is 34.8 Å². The molecule has 0 atom stereocenters. The first-order valence-corrected chi connectivity index (χ1v) is 7.27. The van der Waals surface area contributed by atoms with E-state index in [-0.39, 0.29) is 6.42 Å². The van der Waals surface area contributed by atoms with E-state index in [2.05, 4.69) is 15.9 Å². The number of benzene rings is 1. The molecule has 0 spiro atoms. The number of carbonyl (C=O) groups is 1. The van der Waals surface area contributed by atoms with Crippen molar-refractivity contribution < 1.29 is 9.90 Å². The summed E-state index contributed by atoms with van der Waals surface area (Å²) < 4.78 is 2.60. The molecular weight excluding hydrogens is 338 g/mol. The van der Waals surface area contributed by atoms with E-state index in [1.807, 2.05) is 48.9 Å². The van der Waals surface area contributed by atoms with Gasteiger partial charge in [-0.15, -0.1) is 0 Å². The Kier molecular flexibility index (Phi) is 4.40. The zero-order valence-electron chi connectivity index (χ0n) is 11.2. The Morgan fingerprint density at radius 2 is 1.95 bits per heavy atom. The Hall–Kier alpha value is -1.46. The lowest BCUT2D eigenvalue weighted by molar-refractivity contribution is -0.136. The molecule has 0 radical (unpaired) electrons. The zero-order valence-corrected chi connectivity index (χ0v) is 13.6. The third-order valence-corrected chi connectivity index (χ3v) is 4.30. The predicted molar refractivity (Wildman–Crippen MR) is 86.4 cm³/mol. The Bertz CT molecular complexity index is 674. The number of aromatic nitrogens is 1. The average Bonchev–Trinajstić information content (AvgIpc) is 2.66. The molecule has 0 saturated heterocycles. The topological polar surface area (TPSA) is 42.2 Å². The van der Waals surface area contributed by atoms with Gasteiger partial charge in [-0.1, -0.05) is 42.0 Å². The van der Waals surface area contributed by atoms with E-state index in [0.29, 0.717) is 10.6 Å². The minimum atomic E-state index is -0.861. The Morgan fingerprint density at radius 3 is 2.50 bits per heavy atom. The molecule has 1 N–H and O–H groups in total. The van der Waals surface area contributed by atoms with Gasteiger partial charge in [0.15, 0.2) is 0 Å². The third kappa shape index (κ3) is 2.99. The van der Waals surface area contributed by atoms with Gasteiger partial charge in [-0.05, 0) is 34.5 Å². The van der Waals surface area contributed by atoms with E-state index in [0.717, 1.165) is 15.7 Å². The molecule has 0 aliphatic rings. The van der Waals surface area contributed by atoms with Crippen LogP contribution in [-0.2, 0) is 18.3 Å². The van der Waals surface area contributed by atoms with Crippen molar-refractivity contribution in [3.05, 3.63) is 57.3 Å². The smallest absolute Gasteiger partial charge is 0.309 e. The molecule has 2 aromatic rings. The minimum Gasteiger partial charge on any atom is -0.481 e. The minimum absolute atomic E-state index is 0.0341. The van der Waals surface area contributed by atoms with Gasteiger partial charge in [0, 0.05) is 17.2 Å². The first kappa shape index (κ1) is 14.9. The molecule has 0 aliphatic heterocycles. The van der Waals surface area contributed by atoms with E-state index >= 15 is 0 Å². The lowest BCUT2D eigenvalue weighted by atomic mass is 10.1. The average molecular weight is 352 g/mol. The molecular formula is C15H14BrNO2S. The normalized spacial score (nSPS) is 10.6. The molecule has 0 amide bonds. The molecule has 104 valence electrons. The van der Waals surface area contributed by atoms with Gasteiger partial charge in [0.25, 0.3) is 0 Å². The van der Waals surface area contributed by atoms with E-state index in [1.165, 1.54) is 5.56 Å². The van der Waals surface area contributed by atoms with Crippen LogP contribution in [0, 0.1) is 6.92 Å². The number of carboxylic acids is 1. The third-order valence-electron chi connectivity index (χ3n) is 3.17. The van der Waals surface area contributed by atoms with E-state index < -0.39 is 5.97 Å². The number of rotatable bonds is 4. The highest BCUT2D eigenvalue weighted by atomic mass is 79.9. The highest BCUT2D eigenvalue weighted by molar-refractivity contribution is 9.10. The fourth-order valence-electron chi connectivity index (χ4n) is 2.02. The molecule has 0 aliphatic carbocycles. The lowest BCUT2D eigenvalue weighted by Crippen LogP contribution is -2.11. The van der Waals surface area contributed by atoms with Crippen LogP contribution >= 0.6 is 28.1 Å². The van der Waals surface area contributed by atoms with Gasteiger partial charge in [0.1, 0.15) is 0 Å². The summed E-state index contributed by atoms with van der Waals surface area (Å²) in [6, 6.07) is 9.86. The van der Waals surface area contributed by atoms with Gasteiger partial charge in [-0.25, -0.2) is 0 Å². The van der Waals surface area contributed by atoms with Crippen LogP contribution in [0.25, 0.3) is 0 Å². The second kappa shape index (κ2) is 5.89. The highest BCUT2D eigenvalue weighted by Gasteiger charge is 2.17. The van der Waals surface area contributed by atoms with Crippen LogP contribution in [0.4, 0.5) is 0 Å². The van der Waals surface area contributed by atoms with E-state index in [1.54, 1.807) is 0 Å². The maximum Gasteiger partial charge on any atom is 0.309 e. The van der Waals surface area contributed by atoms with Gasteiger partial charge >= 0.3 is 5.97 Å². The number of carboxylic acid groups (broad SMARTS) is 1. The standard InChI is InChI=1S/C15H14BrNO2S/c1-9-3-5-10(6-4-9)15(20)13-7-11(16)12(17(13)2)8-14(18)19/h3-7H,8H2,1-2H3,(H,18,19). The summed E-state index contributed by atoms with van der Waals surface area (Å²) in [4.78, 5) is 11.6. The summed E-state index contributed by atoms with van der Waals surface area (Å²) in [5.41, 5.74) is 3.69. The molecule has 0 unspecified atom stereocenters. The van der Waals surface area contributed by atoms with Gasteiger partial charge in [0.2, 0.25) is 0 Å². The molecule has 1 heterocycles. The highest BCUT2D eigenvalue weighted by Crippen LogP contribution is 2.24. The molecule has 5 heteroatoms. The van der Waals surface area contributed by atoms with Crippen molar-refractivity contribution in [3.63, 3.8) is 0 Å². The molecule has 20 heavy (non-hydrogen) atoms. The van der Waals surface area contributed by atoms with Crippen molar-refractivity contribution in [2.45, 2.75) is 13.3 Å². The first-order valence-electron chi connectivity index (χ1n) is 6.07. The monoisotopic (exact) mass is 351 g/mol. The quantitative estimate of drug-likeness (QED) is 0.677. The van der Waals surface area contributed by atoms with Crippen molar-refractivity contribution in [1.82, 2.24) is 4.57 Å². The Balaban J connectivity index is 2.40. The summed E-state index contributed by atoms with van der Waals surface area (Å²) in [5, 5.41) is 8.94. The van der Waals surface area contributed by atoms with Crippen LogP contribution in [0.5, 0.6) is 0 Å². The van der Waals surface area contributed by atoms with E-state index in [9.17, 15) is 4.79 Å². The summed E-state index contributed by atoms with van der Waals surface area (Å²) in [6.45, 7) is 2.02. The van der Waals surface area contributed by atoms with Gasteiger partial charge < -0.3 is 9.67 Å². The summed E-state index contributed by atoms with van der Waals surface area (Å²) >= 11 is 8.92. The zero-order chi connectivity index (χ0) is 14.9. The lowest BCUT2D eigenvalue weighted by Gasteiger charge is -2.08. The number of halogens is 1. The number of thiocarbonyl (C=S) groups is 1. The summed E-state index contributed by atoms with van der Waals surface area (Å²) in [7, 11) is 1.83. The maximum absolute atomic E-state index is 10.9. The van der Waals surface area contributed by atoms with Crippen molar-refractivity contribution in [3.8, 4) is 0 Å². The largest absolute Gasteiger partial charge is 0.481 e. The Labute approximate surface area is 131 Å². The van der Waals surface area contributed by atoms with Gasteiger partial charge in [-0.3, -0.25) is 4.79 Å². The van der Waals surface area contributed by atoms with Crippen LogP contribution < -0.4 is 0 Å². The maximum atomic E-state index is 10.9. The van der Waals surface area contributed by atoms with Crippen LogP contribution in [0.2, 0.25) is 0 Å². The number of hydrogen-bond donors (Lipinski definition) is 1. The van der Waals surface area contributed by atoms with E-state index in [4.69, 9.17) is 17.3 Å². The molecule has 1 aromatic heterocycles. The number of hydrogen-bond acceptors (Lipinski definition) is 2. The predicted octanol–water partition coefficient (Wildman–Crippen LogP) is 3.49. The van der Waals surface area contributed by atoms with Crippen molar-refractivity contribution >= 4 is 39.0 Å². The van der Waals surface area contributed by atoms with Crippen molar-refractivity contribution in [1.29, 1.82) is 0 Å². The summed E-state index contributed by atoms with van der Waals surface area (Å²) in [6.07, 6.45) is -0.0341. The van der Waals surface area contributed by atoms with Crippen molar-refractivity contribution in [2.24, 2.45) is 7.05 Å². The molecule has 0 bridgehead atoms. The second-order valence-corrected chi connectivity index (χ2v) is 5.91. The Morgan fingerprint density at radius 1 is 1.35 bits per heavy atom. The number of nitrogens with zero attached hydrogens (tertiary/aromatic N) is 1. The molecule has 0 saturated carbocycles.